The number of urea groups is 1. The molecule has 0 saturated carbocycles. The summed E-state index contributed by atoms with van der Waals surface area (Å²) in [5, 5.41) is 38.9. The van der Waals surface area contributed by atoms with Gasteiger partial charge in [0, 0.05) is 29.4 Å². The van der Waals surface area contributed by atoms with Crippen LogP contribution in [0.15, 0.2) is 64.9 Å². The number of rotatable bonds is 7. The molecule has 3 aromatic rings. The molecule has 4 rings (SSSR count). The fourth-order valence-corrected chi connectivity index (χ4v) is 4.25. The first-order chi connectivity index (χ1) is 20.6. The summed E-state index contributed by atoms with van der Waals surface area (Å²) >= 11 is 11.8. The Bertz CT molecular complexity index is 1680. The number of carboxylic acids is 3. The van der Waals surface area contributed by atoms with Gasteiger partial charge in [0.1, 0.15) is 23.0 Å². The van der Waals surface area contributed by atoms with E-state index in [1.807, 2.05) is 0 Å². The number of amides is 2. The van der Waals surface area contributed by atoms with Gasteiger partial charge in [0.15, 0.2) is 5.54 Å². The summed E-state index contributed by atoms with van der Waals surface area (Å²) in [4.78, 5) is 49.2. The second-order valence-corrected chi connectivity index (χ2v) is 9.98. The Hall–Kier alpha value is -5.15. The van der Waals surface area contributed by atoms with Crippen LogP contribution < -0.4 is 15.8 Å². The summed E-state index contributed by atoms with van der Waals surface area (Å²) in [6.07, 6.45) is 1.16. The molecule has 0 fully saturated rings. The topological polar surface area (TPSA) is 194 Å². The van der Waals surface area contributed by atoms with E-state index in [0.717, 1.165) is 17.1 Å². The van der Waals surface area contributed by atoms with Crippen LogP contribution >= 0.6 is 23.2 Å². The number of nitrogens with one attached hydrogen (secondary N) is 2. The lowest BCUT2D eigenvalue weighted by Gasteiger charge is -2.30. The smallest absolute Gasteiger partial charge is 0.352 e. The highest BCUT2D eigenvalue weighted by Gasteiger charge is 2.48. The van der Waals surface area contributed by atoms with E-state index in [0.29, 0.717) is 11.1 Å². The maximum absolute atomic E-state index is 13.0. The van der Waals surface area contributed by atoms with Crippen LogP contribution in [0, 0.1) is 11.6 Å². The number of hydrazone groups is 2. The summed E-state index contributed by atoms with van der Waals surface area (Å²) in [5.41, 5.74) is 0.701. The number of carbonyl (C=O) groups is 4. The number of nitrogens with zero attached hydrogens (tertiary/aromatic N) is 4. The molecule has 0 aliphatic carbocycles. The predicted molar refractivity (Wildman–Crippen MR) is 157 cm³/mol. The molecule has 1 aliphatic rings. The molecule has 1 aliphatic heterocycles. The average Bonchev–Trinajstić information content (AvgIpc) is 3.30. The fraction of sp³-hybridized carbons (Fsp3) is 0.148. The number of hydrogen-bond donors (Lipinski definition) is 5. The number of carboxylic acid groups (broad SMARTS) is 3. The lowest BCUT2D eigenvalue weighted by atomic mass is 9.95. The molecule has 230 valence electrons. The summed E-state index contributed by atoms with van der Waals surface area (Å²) in [6, 6.07) is 8.94. The third-order valence-corrected chi connectivity index (χ3v) is 6.41. The highest BCUT2D eigenvalue weighted by atomic mass is 35.5. The molecule has 17 heteroatoms. The number of anilines is 2. The zero-order valence-electron chi connectivity index (χ0n) is 22.7. The molecule has 0 saturated heterocycles. The molecule has 44 heavy (non-hydrogen) atoms. The minimum atomic E-state index is -1.51. The van der Waals surface area contributed by atoms with Crippen LogP contribution in [-0.4, -0.2) is 61.2 Å². The number of aliphatic carboxylic acids is 2. The van der Waals surface area contributed by atoms with Gasteiger partial charge in [-0.15, -0.1) is 0 Å². The largest absolute Gasteiger partial charge is 0.479 e. The van der Waals surface area contributed by atoms with Gasteiger partial charge >= 0.3 is 23.9 Å². The van der Waals surface area contributed by atoms with Crippen LogP contribution in [0.5, 0.6) is 0 Å². The van der Waals surface area contributed by atoms with Gasteiger partial charge in [0.25, 0.3) is 0 Å². The number of benzene rings is 2. The van der Waals surface area contributed by atoms with Gasteiger partial charge in [-0.05, 0) is 56.3 Å². The number of aromatic carboxylic acids is 1. The van der Waals surface area contributed by atoms with E-state index >= 15 is 0 Å². The molecule has 2 amide bonds. The monoisotopic (exact) mass is 650 g/mol. The van der Waals surface area contributed by atoms with Crippen molar-refractivity contribution in [1.82, 2.24) is 10.4 Å². The molecular weight excluding hydrogens is 629 g/mol. The van der Waals surface area contributed by atoms with Crippen LogP contribution in [0.1, 0.15) is 36.3 Å². The molecule has 0 spiro atoms. The summed E-state index contributed by atoms with van der Waals surface area (Å²) in [6.45, 7) is 2.84. The van der Waals surface area contributed by atoms with Gasteiger partial charge in [-0.2, -0.15) is 10.2 Å². The van der Waals surface area contributed by atoms with Gasteiger partial charge in [0.05, 0.1) is 22.0 Å². The standard InChI is InChI=1S/C15H12F2N4O3.C12H10Cl2N2O4/c1-8(13-12(14(22)23)3-2-4-18-13)20-21-15(24)19-11-6-9(16)5-10(17)7-11;1-12(11(19)20)5-8(10(17)18)15-16(12)9-3-2-6(13)4-7(9)14/h2-7H,1H3,(H,22,23)(H2,19,21,24);2-4H,5H2,1H3,(H,17,18)(H,19,20)/b20-8+;. The van der Waals surface area contributed by atoms with Gasteiger partial charge < -0.3 is 20.6 Å². The second-order valence-electron chi connectivity index (χ2n) is 9.14. The van der Waals surface area contributed by atoms with E-state index in [-0.39, 0.29) is 45.5 Å². The van der Waals surface area contributed by atoms with E-state index in [1.54, 1.807) is 0 Å². The van der Waals surface area contributed by atoms with Crippen molar-refractivity contribution in [2.24, 2.45) is 10.2 Å². The summed E-state index contributed by atoms with van der Waals surface area (Å²) < 4.78 is 26.1. The minimum Gasteiger partial charge on any atom is -0.479 e. The molecule has 2 heterocycles. The Morgan fingerprint density at radius 1 is 1.00 bits per heavy atom. The molecule has 0 radical (unpaired) electrons. The molecule has 0 bridgehead atoms. The van der Waals surface area contributed by atoms with Crippen LogP contribution in [-0.2, 0) is 9.59 Å². The predicted octanol–water partition coefficient (Wildman–Crippen LogP) is 5.09. The molecule has 2 aromatic carbocycles. The zero-order valence-corrected chi connectivity index (χ0v) is 24.2. The SMILES string of the molecule is C/C(=N\NC(=O)Nc1cc(F)cc(F)c1)c1ncccc1C(=O)O.CC1(C(=O)O)CC(C(=O)O)=NN1c1ccc(Cl)cc1Cl. The van der Waals surface area contributed by atoms with E-state index in [9.17, 15) is 33.1 Å². The fourth-order valence-electron chi connectivity index (χ4n) is 3.76. The van der Waals surface area contributed by atoms with Crippen molar-refractivity contribution in [2.45, 2.75) is 25.8 Å². The number of hydrogen-bond acceptors (Lipinski definition) is 8. The third-order valence-electron chi connectivity index (χ3n) is 5.87. The maximum Gasteiger partial charge on any atom is 0.352 e. The van der Waals surface area contributed by atoms with Gasteiger partial charge in [-0.3, -0.25) is 4.98 Å². The van der Waals surface area contributed by atoms with Crippen molar-refractivity contribution in [3.63, 3.8) is 0 Å². The van der Waals surface area contributed by atoms with E-state index in [1.165, 1.54) is 50.4 Å². The molecule has 1 atom stereocenters. The third kappa shape index (κ3) is 8.02. The van der Waals surface area contributed by atoms with Crippen LogP contribution in [0.2, 0.25) is 10.0 Å². The summed E-state index contributed by atoms with van der Waals surface area (Å²) in [5.74, 6) is -5.32. The Morgan fingerprint density at radius 2 is 1.66 bits per heavy atom. The Morgan fingerprint density at radius 3 is 2.23 bits per heavy atom. The zero-order chi connectivity index (χ0) is 32.8. The van der Waals surface area contributed by atoms with Crippen molar-refractivity contribution in [3.8, 4) is 0 Å². The highest BCUT2D eigenvalue weighted by Crippen LogP contribution is 2.38. The van der Waals surface area contributed by atoms with E-state index in [2.05, 4.69) is 25.9 Å². The van der Waals surface area contributed by atoms with Crippen LogP contribution in [0.3, 0.4) is 0 Å². The Balaban J connectivity index is 0.000000244. The maximum atomic E-state index is 13.0. The molecule has 13 nitrogen and oxygen atoms in total. The average molecular weight is 651 g/mol. The lowest BCUT2D eigenvalue weighted by Crippen LogP contribution is -2.47. The van der Waals surface area contributed by atoms with Gasteiger partial charge in [-0.1, -0.05) is 23.2 Å². The highest BCUT2D eigenvalue weighted by molar-refractivity contribution is 6.38. The molecular formula is C27H22Cl2F2N6O7. The summed E-state index contributed by atoms with van der Waals surface area (Å²) in [7, 11) is 0. The van der Waals surface area contributed by atoms with E-state index < -0.39 is 41.1 Å². The van der Waals surface area contributed by atoms with Crippen molar-refractivity contribution >= 4 is 69.9 Å². The molecule has 1 unspecified atom stereocenters. The van der Waals surface area contributed by atoms with Crippen LogP contribution in [0.25, 0.3) is 0 Å². The van der Waals surface area contributed by atoms with Crippen molar-refractivity contribution in [2.75, 3.05) is 10.3 Å². The second kappa shape index (κ2) is 13.9. The molecule has 5 N–H and O–H groups in total. The normalized spacial score (nSPS) is 15.9. The number of halogens is 4. The first-order valence-corrected chi connectivity index (χ1v) is 12.9. The lowest BCUT2D eigenvalue weighted by molar-refractivity contribution is -0.142. The quantitative estimate of drug-likeness (QED) is 0.171. The van der Waals surface area contributed by atoms with Crippen LogP contribution in [0.4, 0.5) is 25.0 Å². The van der Waals surface area contributed by atoms with Crippen molar-refractivity contribution in [1.29, 1.82) is 0 Å². The van der Waals surface area contributed by atoms with Gasteiger partial charge in [0.2, 0.25) is 0 Å². The number of pyridine rings is 1. The van der Waals surface area contributed by atoms with Gasteiger partial charge in [-0.25, -0.2) is 38.4 Å². The first kappa shape index (κ1) is 33.4. The molecule has 1 aromatic heterocycles. The Labute approximate surface area is 257 Å². The number of aromatic nitrogens is 1. The minimum absolute atomic E-state index is 0.0758. The Kier molecular flexibility index (Phi) is 10.5. The van der Waals surface area contributed by atoms with Crippen molar-refractivity contribution in [3.05, 3.63) is 87.7 Å². The first-order valence-electron chi connectivity index (χ1n) is 12.2. The number of carbonyl (C=O) groups excluding carboxylic acids is 1. The van der Waals surface area contributed by atoms with E-state index in [4.69, 9.17) is 33.4 Å². The van der Waals surface area contributed by atoms with Crippen molar-refractivity contribution < 1.29 is 43.3 Å².